The molecule has 1 aromatic carbocycles. The van der Waals surface area contributed by atoms with Crippen LogP contribution in [-0.4, -0.2) is 69.0 Å². The molecule has 0 radical (unpaired) electrons. The lowest BCUT2D eigenvalue weighted by Gasteiger charge is -2.25. The summed E-state index contributed by atoms with van der Waals surface area (Å²) < 4.78 is 36.5. The number of alkyl halides is 1. The molecule has 2 amide bonds. The van der Waals surface area contributed by atoms with Crippen LogP contribution < -0.4 is 14.9 Å². The fourth-order valence-electron chi connectivity index (χ4n) is 2.27. The SMILES string of the molecule is COC(CO[P@](NCC(=O)OC(C)C)Oc1ccccc1)CC(F)N(C)/C=C\C(=O)NC=O. The van der Waals surface area contributed by atoms with Gasteiger partial charge in [-0.05, 0) is 26.0 Å². The number of esters is 1. The predicted octanol–water partition coefficient (Wildman–Crippen LogP) is 2.27. The molecule has 0 aliphatic rings. The second-order valence-electron chi connectivity index (χ2n) is 6.97. The van der Waals surface area contributed by atoms with Crippen molar-refractivity contribution in [2.75, 3.05) is 27.3 Å². The van der Waals surface area contributed by atoms with E-state index in [0.717, 1.165) is 6.08 Å². The number of hydrogen-bond donors (Lipinski definition) is 2. The maximum Gasteiger partial charge on any atom is 0.320 e. The zero-order valence-corrected chi connectivity index (χ0v) is 20.0. The molecule has 2 unspecified atom stereocenters. The first kappa shape index (κ1) is 28.4. The van der Waals surface area contributed by atoms with Gasteiger partial charge in [-0.15, -0.1) is 0 Å². The van der Waals surface area contributed by atoms with Gasteiger partial charge >= 0.3 is 14.5 Å². The Morgan fingerprint density at radius 2 is 1.94 bits per heavy atom. The van der Waals surface area contributed by atoms with E-state index < -0.39 is 32.8 Å². The van der Waals surface area contributed by atoms with Gasteiger partial charge < -0.3 is 23.4 Å². The molecule has 3 atom stereocenters. The first-order chi connectivity index (χ1) is 15.7. The molecule has 12 heteroatoms. The van der Waals surface area contributed by atoms with Gasteiger partial charge in [-0.2, -0.15) is 0 Å². The van der Waals surface area contributed by atoms with Crippen LogP contribution >= 0.6 is 8.53 Å². The van der Waals surface area contributed by atoms with Crippen LogP contribution in [0.25, 0.3) is 0 Å². The van der Waals surface area contributed by atoms with Crippen LogP contribution in [0.2, 0.25) is 0 Å². The molecule has 33 heavy (non-hydrogen) atoms. The Morgan fingerprint density at radius 3 is 2.55 bits per heavy atom. The van der Waals surface area contributed by atoms with Crippen molar-refractivity contribution < 1.29 is 37.3 Å². The standard InChI is InChI=1S/C21H31FN3O7P/c1-16(2)31-21(28)13-24-33(32-17-8-6-5-7-9-17)30-14-18(29-4)12-19(22)25(3)11-10-20(27)23-15-26/h5-11,15-16,18-19,24H,12-14H2,1-4H3,(H,23,26,27)/b11-10-/t18?,19?,33-/m0/s1. The van der Waals surface area contributed by atoms with Crippen LogP contribution in [0, 0.1) is 0 Å². The molecule has 0 saturated heterocycles. The second kappa shape index (κ2) is 16.1. The van der Waals surface area contributed by atoms with Gasteiger partial charge in [0, 0.05) is 32.9 Å². The van der Waals surface area contributed by atoms with Crippen molar-refractivity contribution in [1.29, 1.82) is 0 Å². The highest BCUT2D eigenvalue weighted by Crippen LogP contribution is 2.35. The van der Waals surface area contributed by atoms with Crippen molar-refractivity contribution in [2.45, 2.75) is 38.8 Å². The second-order valence-corrected chi connectivity index (χ2v) is 8.24. The fourth-order valence-corrected chi connectivity index (χ4v) is 3.35. The molecule has 0 bridgehead atoms. The molecule has 0 aliphatic carbocycles. The number of methoxy groups -OCH3 is 1. The van der Waals surface area contributed by atoms with Gasteiger partial charge in [0.2, 0.25) is 6.41 Å². The number of nitrogens with zero attached hydrogens (tertiary/aromatic N) is 1. The maximum absolute atomic E-state index is 14.6. The van der Waals surface area contributed by atoms with E-state index in [0.29, 0.717) is 5.75 Å². The van der Waals surface area contributed by atoms with Crippen molar-refractivity contribution in [1.82, 2.24) is 15.3 Å². The molecule has 1 aromatic rings. The van der Waals surface area contributed by atoms with E-state index in [1.165, 1.54) is 25.3 Å². The summed E-state index contributed by atoms with van der Waals surface area (Å²) in [6.45, 7) is 3.34. The molecule has 0 fully saturated rings. The van der Waals surface area contributed by atoms with Gasteiger partial charge in [-0.3, -0.25) is 19.7 Å². The summed E-state index contributed by atoms with van der Waals surface area (Å²) in [6, 6.07) is 8.89. The van der Waals surface area contributed by atoms with Gasteiger partial charge in [0.1, 0.15) is 12.3 Å². The number of halogens is 1. The number of carbonyl (C=O) groups excluding carboxylic acids is 3. The zero-order valence-electron chi connectivity index (χ0n) is 19.1. The lowest BCUT2D eigenvalue weighted by Crippen LogP contribution is -2.31. The number of nitrogens with one attached hydrogen (secondary N) is 2. The van der Waals surface area contributed by atoms with Gasteiger partial charge in [-0.1, -0.05) is 18.2 Å². The molecule has 0 aliphatic heterocycles. The largest absolute Gasteiger partial charge is 0.462 e. The molecular formula is C21H31FN3O7P. The average Bonchev–Trinajstić information content (AvgIpc) is 2.78. The van der Waals surface area contributed by atoms with Gasteiger partial charge in [0.15, 0.2) is 6.30 Å². The lowest BCUT2D eigenvalue weighted by molar-refractivity contribution is -0.145. The Kier molecular flexibility index (Phi) is 13.9. The highest BCUT2D eigenvalue weighted by atomic mass is 31.2. The van der Waals surface area contributed by atoms with Gasteiger partial charge in [0.25, 0.3) is 5.91 Å². The van der Waals surface area contributed by atoms with Crippen molar-refractivity contribution >= 4 is 26.8 Å². The molecule has 10 nitrogen and oxygen atoms in total. The molecule has 1 rings (SSSR count). The summed E-state index contributed by atoms with van der Waals surface area (Å²) in [5.74, 6) is -0.595. The van der Waals surface area contributed by atoms with Crippen molar-refractivity contribution in [3.63, 3.8) is 0 Å². The summed E-state index contributed by atoms with van der Waals surface area (Å²) in [7, 11) is 1.10. The first-order valence-electron chi connectivity index (χ1n) is 10.1. The summed E-state index contributed by atoms with van der Waals surface area (Å²) in [5, 5.41) is 4.80. The first-order valence-corrected chi connectivity index (χ1v) is 11.3. The fraction of sp³-hybridized carbons (Fsp3) is 0.476. The normalized spacial score (nSPS) is 13.9. The van der Waals surface area contributed by atoms with Crippen LogP contribution in [0.5, 0.6) is 5.75 Å². The number of ether oxygens (including phenoxy) is 2. The van der Waals surface area contributed by atoms with Crippen molar-refractivity contribution in [3.8, 4) is 5.75 Å². The van der Waals surface area contributed by atoms with E-state index in [1.807, 2.05) is 11.4 Å². The minimum absolute atomic E-state index is 0.0229. The van der Waals surface area contributed by atoms with E-state index in [2.05, 4.69) is 5.09 Å². The van der Waals surface area contributed by atoms with E-state index >= 15 is 0 Å². The van der Waals surface area contributed by atoms with Crippen molar-refractivity contribution in [2.24, 2.45) is 0 Å². The Bertz CT molecular complexity index is 755. The number of para-hydroxylation sites is 1. The zero-order chi connectivity index (χ0) is 24.6. The molecule has 0 saturated carbocycles. The molecule has 0 heterocycles. The molecular weight excluding hydrogens is 456 g/mol. The quantitative estimate of drug-likeness (QED) is 0.119. The highest BCUT2D eigenvalue weighted by molar-refractivity contribution is 7.45. The van der Waals surface area contributed by atoms with Crippen LogP contribution in [-0.2, 0) is 28.4 Å². The third-order valence-corrected chi connectivity index (χ3v) is 5.10. The monoisotopic (exact) mass is 487 g/mol. The number of amides is 2. The molecule has 0 spiro atoms. The average molecular weight is 487 g/mol. The molecule has 0 aromatic heterocycles. The number of carbonyl (C=O) groups is 3. The number of rotatable bonds is 16. The lowest BCUT2D eigenvalue weighted by atomic mass is 10.2. The summed E-state index contributed by atoms with van der Waals surface area (Å²) in [4.78, 5) is 34.5. The van der Waals surface area contributed by atoms with Crippen molar-refractivity contribution in [3.05, 3.63) is 42.6 Å². The van der Waals surface area contributed by atoms with Gasteiger partial charge in [-0.25, -0.2) is 9.48 Å². The molecule has 2 N–H and O–H groups in total. The number of hydrogen-bond acceptors (Lipinski definition) is 9. The molecule has 184 valence electrons. The minimum atomic E-state index is -1.76. The number of benzene rings is 1. The third-order valence-electron chi connectivity index (χ3n) is 3.92. The highest BCUT2D eigenvalue weighted by Gasteiger charge is 2.22. The predicted molar refractivity (Wildman–Crippen MR) is 121 cm³/mol. The van der Waals surface area contributed by atoms with Gasteiger partial charge in [0.05, 0.1) is 18.8 Å². The summed E-state index contributed by atoms with van der Waals surface area (Å²) in [5.41, 5.74) is 0. The maximum atomic E-state index is 14.6. The Morgan fingerprint density at radius 1 is 1.24 bits per heavy atom. The van der Waals surface area contributed by atoms with E-state index in [4.69, 9.17) is 18.5 Å². The van der Waals surface area contributed by atoms with Crippen LogP contribution in [0.1, 0.15) is 20.3 Å². The van der Waals surface area contributed by atoms with E-state index in [-0.39, 0.29) is 32.1 Å². The minimum Gasteiger partial charge on any atom is -0.462 e. The van der Waals surface area contributed by atoms with E-state index in [1.54, 1.807) is 38.1 Å². The number of imide groups is 1. The Balaban J connectivity index is 2.65. The van der Waals surface area contributed by atoms with Crippen LogP contribution in [0.3, 0.4) is 0 Å². The summed E-state index contributed by atoms with van der Waals surface area (Å²) >= 11 is 0. The van der Waals surface area contributed by atoms with E-state index in [9.17, 15) is 18.8 Å². The summed E-state index contributed by atoms with van der Waals surface area (Å²) in [6.07, 6.45) is 0.0243. The Labute approximate surface area is 194 Å². The van der Waals surface area contributed by atoms with Crippen LogP contribution in [0.4, 0.5) is 4.39 Å². The third kappa shape index (κ3) is 12.9. The Hall–Kier alpha value is -2.59. The topological polar surface area (TPSA) is 115 Å². The van der Waals surface area contributed by atoms with Crippen LogP contribution in [0.15, 0.2) is 42.6 Å². The smallest absolute Gasteiger partial charge is 0.320 e.